The molecular weight excluding hydrogens is 250 g/mol. The van der Waals surface area contributed by atoms with Crippen molar-refractivity contribution in [1.82, 2.24) is 20.0 Å². The number of ether oxygens (including phenoxy) is 1. The summed E-state index contributed by atoms with van der Waals surface area (Å²) in [5, 5.41) is 14.5. The van der Waals surface area contributed by atoms with Crippen molar-refractivity contribution in [2.75, 3.05) is 25.1 Å². The van der Waals surface area contributed by atoms with Crippen LogP contribution in [-0.2, 0) is 11.3 Å². The minimum atomic E-state index is 0.440. The van der Waals surface area contributed by atoms with Gasteiger partial charge in [-0.05, 0) is 12.5 Å². The molecule has 3 heterocycles. The lowest BCUT2D eigenvalue weighted by Gasteiger charge is -2.14. The Morgan fingerprint density at radius 1 is 1.50 bits per heavy atom. The second-order valence-electron chi connectivity index (χ2n) is 4.29. The van der Waals surface area contributed by atoms with Crippen molar-refractivity contribution in [3.8, 4) is 0 Å². The Bertz CT molecular complexity index is 497. The molecule has 3 rings (SSSR count). The molecule has 18 heavy (non-hydrogen) atoms. The van der Waals surface area contributed by atoms with Gasteiger partial charge in [-0.2, -0.15) is 5.10 Å². The molecule has 0 saturated carbocycles. The summed E-state index contributed by atoms with van der Waals surface area (Å²) in [5.41, 5.74) is 0. The first-order valence-corrected chi connectivity index (χ1v) is 6.74. The number of hydrogen-bond acceptors (Lipinski definition) is 6. The SMILES string of the molecule is COCc1nnc(N2CCC(n3cccn3)C2)s1. The highest BCUT2D eigenvalue weighted by molar-refractivity contribution is 7.15. The topological polar surface area (TPSA) is 56.1 Å². The van der Waals surface area contributed by atoms with Crippen molar-refractivity contribution in [2.24, 2.45) is 0 Å². The van der Waals surface area contributed by atoms with Crippen LogP contribution in [0.15, 0.2) is 18.5 Å². The molecule has 1 unspecified atom stereocenters. The van der Waals surface area contributed by atoms with E-state index in [1.807, 2.05) is 23.1 Å². The Kier molecular flexibility index (Phi) is 3.24. The zero-order chi connectivity index (χ0) is 12.4. The van der Waals surface area contributed by atoms with Crippen LogP contribution in [0.4, 0.5) is 5.13 Å². The number of anilines is 1. The van der Waals surface area contributed by atoms with Gasteiger partial charge in [-0.3, -0.25) is 4.68 Å². The summed E-state index contributed by atoms with van der Waals surface area (Å²) in [4.78, 5) is 2.27. The Labute approximate surface area is 109 Å². The Hall–Kier alpha value is -1.47. The number of hydrogen-bond donors (Lipinski definition) is 0. The Morgan fingerprint density at radius 3 is 3.22 bits per heavy atom. The van der Waals surface area contributed by atoms with Gasteiger partial charge in [0.05, 0.1) is 6.04 Å². The van der Waals surface area contributed by atoms with E-state index in [9.17, 15) is 0 Å². The fraction of sp³-hybridized carbons (Fsp3) is 0.545. The van der Waals surface area contributed by atoms with Crippen LogP contribution in [0.3, 0.4) is 0 Å². The molecule has 1 saturated heterocycles. The van der Waals surface area contributed by atoms with Gasteiger partial charge in [0.15, 0.2) is 0 Å². The van der Waals surface area contributed by atoms with Gasteiger partial charge in [-0.15, -0.1) is 10.2 Å². The monoisotopic (exact) mass is 265 g/mol. The second-order valence-corrected chi connectivity index (χ2v) is 5.33. The predicted molar refractivity (Wildman–Crippen MR) is 68.7 cm³/mol. The lowest BCUT2D eigenvalue weighted by Crippen LogP contribution is -2.20. The fourth-order valence-electron chi connectivity index (χ4n) is 2.18. The maximum Gasteiger partial charge on any atom is 0.208 e. The highest BCUT2D eigenvalue weighted by Gasteiger charge is 2.26. The third-order valence-corrected chi connectivity index (χ3v) is 4.01. The summed E-state index contributed by atoms with van der Waals surface area (Å²) < 4.78 is 7.08. The predicted octanol–water partition coefficient (Wildman–Crippen LogP) is 1.33. The van der Waals surface area contributed by atoms with E-state index < -0.39 is 0 Å². The van der Waals surface area contributed by atoms with Gasteiger partial charge in [0.1, 0.15) is 11.6 Å². The molecule has 0 amide bonds. The number of aromatic nitrogens is 4. The molecule has 0 N–H and O–H groups in total. The first-order valence-electron chi connectivity index (χ1n) is 5.92. The summed E-state index contributed by atoms with van der Waals surface area (Å²) in [5.74, 6) is 0. The average molecular weight is 265 g/mol. The minimum absolute atomic E-state index is 0.440. The molecule has 1 aliphatic rings. The van der Waals surface area contributed by atoms with Crippen LogP contribution in [0.2, 0.25) is 0 Å². The third-order valence-electron chi connectivity index (χ3n) is 3.06. The van der Waals surface area contributed by atoms with Crippen LogP contribution < -0.4 is 4.90 Å². The van der Waals surface area contributed by atoms with E-state index in [0.717, 1.165) is 29.6 Å². The van der Waals surface area contributed by atoms with Crippen molar-refractivity contribution in [3.63, 3.8) is 0 Å². The summed E-state index contributed by atoms with van der Waals surface area (Å²) in [6.45, 7) is 2.49. The lowest BCUT2D eigenvalue weighted by atomic mass is 10.3. The van der Waals surface area contributed by atoms with Crippen molar-refractivity contribution in [3.05, 3.63) is 23.5 Å². The second kappa shape index (κ2) is 5.03. The van der Waals surface area contributed by atoms with Crippen LogP contribution in [0.25, 0.3) is 0 Å². The molecular formula is C11H15N5OS. The molecule has 6 nitrogen and oxygen atoms in total. The number of rotatable bonds is 4. The van der Waals surface area contributed by atoms with Gasteiger partial charge < -0.3 is 9.64 Å². The minimum Gasteiger partial charge on any atom is -0.377 e. The summed E-state index contributed by atoms with van der Waals surface area (Å²) in [6, 6.07) is 2.40. The first-order chi connectivity index (χ1) is 8.86. The molecule has 0 aliphatic carbocycles. The fourth-order valence-corrected chi connectivity index (χ4v) is 3.03. The van der Waals surface area contributed by atoms with Gasteiger partial charge in [-0.1, -0.05) is 11.3 Å². The Morgan fingerprint density at radius 2 is 2.44 bits per heavy atom. The Balaban J connectivity index is 1.67. The molecule has 1 fully saturated rings. The van der Waals surface area contributed by atoms with Crippen molar-refractivity contribution < 1.29 is 4.74 Å². The van der Waals surface area contributed by atoms with Gasteiger partial charge in [0, 0.05) is 32.6 Å². The third kappa shape index (κ3) is 2.23. The molecule has 7 heteroatoms. The zero-order valence-electron chi connectivity index (χ0n) is 10.2. The standard InChI is InChI=1S/C11H15N5OS/c1-17-8-10-13-14-11(18-10)15-6-3-9(7-15)16-5-2-4-12-16/h2,4-5,9H,3,6-8H2,1H3. The van der Waals surface area contributed by atoms with Crippen LogP contribution in [0.1, 0.15) is 17.5 Å². The maximum atomic E-state index is 5.06. The van der Waals surface area contributed by atoms with Crippen LogP contribution in [0.5, 0.6) is 0 Å². The highest BCUT2D eigenvalue weighted by Crippen LogP contribution is 2.28. The zero-order valence-corrected chi connectivity index (χ0v) is 11.0. The van der Waals surface area contributed by atoms with Crippen molar-refractivity contribution in [1.29, 1.82) is 0 Å². The van der Waals surface area contributed by atoms with Crippen LogP contribution in [-0.4, -0.2) is 40.2 Å². The van der Waals surface area contributed by atoms with Gasteiger partial charge in [0.2, 0.25) is 5.13 Å². The molecule has 0 aromatic carbocycles. The van der Waals surface area contributed by atoms with E-state index >= 15 is 0 Å². The van der Waals surface area contributed by atoms with Crippen molar-refractivity contribution >= 4 is 16.5 Å². The molecule has 2 aromatic heterocycles. The van der Waals surface area contributed by atoms with E-state index in [4.69, 9.17) is 4.74 Å². The smallest absolute Gasteiger partial charge is 0.208 e. The van der Waals surface area contributed by atoms with E-state index in [0.29, 0.717) is 12.6 Å². The number of methoxy groups -OCH3 is 1. The molecule has 2 aromatic rings. The molecule has 1 atom stereocenters. The highest BCUT2D eigenvalue weighted by atomic mass is 32.1. The molecule has 96 valence electrons. The molecule has 0 radical (unpaired) electrons. The van der Waals surface area contributed by atoms with Gasteiger partial charge in [0.25, 0.3) is 0 Å². The van der Waals surface area contributed by atoms with E-state index in [1.54, 1.807) is 18.4 Å². The maximum absolute atomic E-state index is 5.06. The van der Waals surface area contributed by atoms with Gasteiger partial charge in [-0.25, -0.2) is 0 Å². The number of nitrogens with zero attached hydrogens (tertiary/aromatic N) is 5. The lowest BCUT2D eigenvalue weighted by molar-refractivity contribution is 0.184. The summed E-state index contributed by atoms with van der Waals surface area (Å²) >= 11 is 1.60. The largest absolute Gasteiger partial charge is 0.377 e. The van der Waals surface area contributed by atoms with Crippen LogP contribution >= 0.6 is 11.3 Å². The van der Waals surface area contributed by atoms with Crippen molar-refractivity contribution in [2.45, 2.75) is 19.1 Å². The van der Waals surface area contributed by atoms with Crippen LogP contribution in [0, 0.1) is 0 Å². The normalized spacial score (nSPS) is 19.6. The summed E-state index contributed by atoms with van der Waals surface area (Å²) in [6.07, 6.45) is 4.94. The first kappa shape index (κ1) is 11.6. The van der Waals surface area contributed by atoms with E-state index in [-0.39, 0.29) is 0 Å². The molecule has 0 bridgehead atoms. The van der Waals surface area contributed by atoms with Gasteiger partial charge >= 0.3 is 0 Å². The molecule has 0 spiro atoms. The quantitative estimate of drug-likeness (QED) is 0.835. The molecule has 1 aliphatic heterocycles. The van der Waals surface area contributed by atoms with E-state index in [2.05, 4.69) is 20.2 Å². The average Bonchev–Trinajstić information content (AvgIpc) is 3.10. The van der Waals surface area contributed by atoms with E-state index in [1.165, 1.54) is 0 Å². The summed E-state index contributed by atoms with van der Waals surface area (Å²) in [7, 11) is 1.67.